The lowest BCUT2D eigenvalue weighted by atomic mass is 10.4. The number of hydrogen-bond acceptors (Lipinski definition) is 4. The summed E-state index contributed by atoms with van der Waals surface area (Å²) < 4.78 is 36.2. The molecule has 2 unspecified atom stereocenters. The van der Waals surface area contributed by atoms with Crippen molar-refractivity contribution in [1.82, 2.24) is 0 Å². The summed E-state index contributed by atoms with van der Waals surface area (Å²) >= 11 is 0.872. The van der Waals surface area contributed by atoms with Crippen molar-refractivity contribution in [3.63, 3.8) is 0 Å². The molecule has 0 saturated heterocycles. The van der Waals surface area contributed by atoms with Gasteiger partial charge in [0, 0.05) is 11.3 Å². The SMILES string of the molecule is C=CCOP1(=O)OCC=CCC1(F)Sc1ccccc1. The Morgan fingerprint density at radius 1 is 1.45 bits per heavy atom. The molecule has 2 rings (SSSR count). The molecule has 3 nitrogen and oxygen atoms in total. The second-order valence-corrected chi connectivity index (χ2v) is 8.00. The Morgan fingerprint density at radius 2 is 2.20 bits per heavy atom. The third-order valence-corrected chi connectivity index (χ3v) is 6.58. The lowest BCUT2D eigenvalue weighted by Crippen LogP contribution is -2.20. The number of alkyl halides is 1. The first-order valence-corrected chi connectivity index (χ1v) is 8.54. The standard InChI is InChI=1S/C14H16FO3PS/c1-2-11-17-19(16)14(15,10-6-7-12-18-19)20-13-8-4-3-5-9-13/h2-9H,1,10-12H2. The van der Waals surface area contributed by atoms with Crippen molar-refractivity contribution in [2.75, 3.05) is 13.2 Å². The van der Waals surface area contributed by atoms with Crippen molar-refractivity contribution >= 4 is 19.4 Å². The van der Waals surface area contributed by atoms with Crippen LogP contribution in [0.3, 0.4) is 0 Å². The van der Waals surface area contributed by atoms with Gasteiger partial charge in [0.05, 0.1) is 13.2 Å². The second-order valence-electron chi connectivity index (χ2n) is 4.16. The molecule has 1 aromatic rings. The van der Waals surface area contributed by atoms with E-state index in [2.05, 4.69) is 6.58 Å². The van der Waals surface area contributed by atoms with Gasteiger partial charge in [0.25, 0.3) is 4.74 Å². The first-order valence-electron chi connectivity index (χ1n) is 6.18. The summed E-state index contributed by atoms with van der Waals surface area (Å²) in [5, 5.41) is 0. The van der Waals surface area contributed by atoms with E-state index in [1.54, 1.807) is 36.4 Å². The van der Waals surface area contributed by atoms with E-state index in [0.717, 1.165) is 11.8 Å². The average molecular weight is 314 g/mol. The summed E-state index contributed by atoms with van der Waals surface area (Å²) in [6.45, 7) is 3.55. The minimum atomic E-state index is -3.90. The molecule has 0 aromatic heterocycles. The van der Waals surface area contributed by atoms with Crippen molar-refractivity contribution in [3.8, 4) is 0 Å². The Hall–Kier alpha value is -0.870. The van der Waals surface area contributed by atoms with Crippen LogP contribution in [0.5, 0.6) is 0 Å². The van der Waals surface area contributed by atoms with Crippen molar-refractivity contribution in [1.29, 1.82) is 0 Å². The van der Waals surface area contributed by atoms with E-state index in [1.807, 2.05) is 6.07 Å². The molecule has 108 valence electrons. The molecule has 1 aliphatic rings. The highest BCUT2D eigenvalue weighted by Gasteiger charge is 2.53. The molecule has 0 radical (unpaired) electrons. The van der Waals surface area contributed by atoms with Gasteiger partial charge in [-0.15, -0.1) is 6.58 Å². The van der Waals surface area contributed by atoms with Crippen molar-refractivity contribution in [2.45, 2.75) is 16.1 Å². The van der Waals surface area contributed by atoms with Crippen LogP contribution in [-0.4, -0.2) is 18.0 Å². The number of hydrogen-bond donors (Lipinski definition) is 0. The zero-order chi connectivity index (χ0) is 14.5. The van der Waals surface area contributed by atoms with Crippen molar-refractivity contribution in [2.24, 2.45) is 0 Å². The topological polar surface area (TPSA) is 35.5 Å². The summed E-state index contributed by atoms with van der Waals surface area (Å²) in [5.41, 5.74) is 0. The van der Waals surface area contributed by atoms with Gasteiger partial charge in [-0.25, -0.2) is 4.39 Å². The van der Waals surface area contributed by atoms with Gasteiger partial charge in [0.1, 0.15) is 0 Å². The van der Waals surface area contributed by atoms with Gasteiger partial charge < -0.3 is 9.05 Å². The van der Waals surface area contributed by atoms with E-state index in [-0.39, 0.29) is 19.6 Å². The van der Waals surface area contributed by atoms with Crippen LogP contribution < -0.4 is 0 Å². The zero-order valence-corrected chi connectivity index (χ0v) is 12.6. The number of benzene rings is 1. The summed E-state index contributed by atoms with van der Waals surface area (Å²) in [5.74, 6) is 0. The van der Waals surface area contributed by atoms with Gasteiger partial charge in [-0.3, -0.25) is 4.57 Å². The van der Waals surface area contributed by atoms with Gasteiger partial charge in [0.2, 0.25) is 0 Å². The molecule has 0 aliphatic carbocycles. The van der Waals surface area contributed by atoms with Gasteiger partial charge in [-0.1, -0.05) is 48.2 Å². The fourth-order valence-corrected chi connectivity index (χ4v) is 4.98. The molecule has 1 heterocycles. The maximum Gasteiger partial charge on any atom is 0.379 e. The highest BCUT2D eigenvalue weighted by molar-refractivity contribution is 8.06. The third kappa shape index (κ3) is 3.41. The molecule has 1 aromatic carbocycles. The van der Waals surface area contributed by atoms with Crippen LogP contribution in [0.4, 0.5) is 4.39 Å². The third-order valence-electron chi connectivity index (χ3n) is 2.67. The molecule has 2 atom stereocenters. The molecule has 1 aliphatic heterocycles. The van der Waals surface area contributed by atoms with E-state index in [1.165, 1.54) is 6.08 Å². The summed E-state index contributed by atoms with van der Waals surface area (Å²) in [7, 11) is -3.90. The van der Waals surface area contributed by atoms with Crippen LogP contribution in [0.1, 0.15) is 6.42 Å². The van der Waals surface area contributed by atoms with Crippen LogP contribution in [0.25, 0.3) is 0 Å². The maximum absolute atomic E-state index is 15.3. The summed E-state index contributed by atoms with van der Waals surface area (Å²) in [6.07, 6.45) is 4.68. The Balaban J connectivity index is 2.28. The minimum Gasteiger partial charge on any atom is -0.302 e. The Labute approximate surface area is 122 Å². The van der Waals surface area contributed by atoms with E-state index in [0.29, 0.717) is 4.90 Å². The highest BCUT2D eigenvalue weighted by Crippen LogP contribution is 2.69. The molecule has 0 amide bonds. The summed E-state index contributed by atoms with van der Waals surface area (Å²) in [4.78, 5) is 0.677. The van der Waals surface area contributed by atoms with Gasteiger partial charge >= 0.3 is 7.60 Å². The first kappa shape index (κ1) is 15.5. The van der Waals surface area contributed by atoms with Crippen LogP contribution in [0.2, 0.25) is 0 Å². The molecular weight excluding hydrogens is 298 g/mol. The molecule has 0 bridgehead atoms. The zero-order valence-electron chi connectivity index (χ0n) is 10.9. The lowest BCUT2D eigenvalue weighted by Gasteiger charge is -2.29. The van der Waals surface area contributed by atoms with Gasteiger partial charge in [0.15, 0.2) is 0 Å². The molecule has 6 heteroatoms. The Morgan fingerprint density at radius 3 is 2.90 bits per heavy atom. The van der Waals surface area contributed by atoms with E-state index in [4.69, 9.17) is 9.05 Å². The maximum atomic E-state index is 15.3. The van der Waals surface area contributed by atoms with Crippen molar-refractivity contribution < 1.29 is 18.0 Å². The van der Waals surface area contributed by atoms with Crippen LogP contribution in [0, 0.1) is 0 Å². The van der Waals surface area contributed by atoms with Crippen molar-refractivity contribution in [3.05, 3.63) is 55.1 Å². The fraction of sp³-hybridized carbons (Fsp3) is 0.286. The second kappa shape index (κ2) is 6.72. The number of halogens is 1. The number of rotatable bonds is 5. The predicted octanol–water partition coefficient (Wildman–Crippen LogP) is 4.77. The lowest BCUT2D eigenvalue weighted by molar-refractivity contribution is 0.197. The van der Waals surface area contributed by atoms with E-state index < -0.39 is 12.3 Å². The largest absolute Gasteiger partial charge is 0.379 e. The first-order chi connectivity index (χ1) is 9.60. The van der Waals surface area contributed by atoms with Gasteiger partial charge in [-0.05, 0) is 12.1 Å². The normalized spacial score (nSPS) is 29.9. The fourth-order valence-electron chi connectivity index (χ4n) is 1.70. The molecular formula is C14H16FO3PS. The predicted molar refractivity (Wildman–Crippen MR) is 79.6 cm³/mol. The monoisotopic (exact) mass is 314 g/mol. The van der Waals surface area contributed by atoms with Crippen LogP contribution in [0.15, 0.2) is 60.0 Å². The quantitative estimate of drug-likeness (QED) is 0.579. The number of thioether (sulfide) groups is 1. The Kier molecular flexibility index (Phi) is 5.22. The highest BCUT2D eigenvalue weighted by atomic mass is 32.2. The summed E-state index contributed by atoms with van der Waals surface area (Å²) in [6, 6.07) is 8.96. The number of allylic oxidation sites excluding steroid dienone is 1. The molecule has 0 fully saturated rings. The molecule has 0 saturated carbocycles. The van der Waals surface area contributed by atoms with Crippen LogP contribution >= 0.6 is 19.4 Å². The smallest absolute Gasteiger partial charge is 0.302 e. The molecule has 0 spiro atoms. The van der Waals surface area contributed by atoms with E-state index >= 15 is 4.39 Å². The van der Waals surface area contributed by atoms with Crippen LogP contribution in [-0.2, 0) is 13.6 Å². The Bertz CT molecular complexity index is 534. The minimum absolute atomic E-state index is 0.0156. The van der Waals surface area contributed by atoms with E-state index in [9.17, 15) is 4.57 Å². The molecule has 20 heavy (non-hydrogen) atoms. The average Bonchev–Trinajstić information content (AvgIpc) is 2.58. The molecule has 0 N–H and O–H groups in total. The van der Waals surface area contributed by atoms with Gasteiger partial charge in [-0.2, -0.15) is 0 Å².